The number of nitrogens with zero attached hydrogens (tertiary/aromatic N) is 1. The van der Waals surface area contributed by atoms with Crippen LogP contribution in [0.3, 0.4) is 0 Å². The molecule has 5 heteroatoms. The Bertz CT molecular complexity index is 718. The number of carbonyl (C=O) groups excluding carboxylic acids is 2. The number of likely N-dealkylation sites (N-methyl/N-ethyl adjacent to an activating group) is 1. The van der Waals surface area contributed by atoms with Crippen LogP contribution >= 0.6 is 0 Å². The van der Waals surface area contributed by atoms with Crippen molar-refractivity contribution in [2.24, 2.45) is 0 Å². The predicted molar refractivity (Wildman–Crippen MR) is 94.8 cm³/mol. The summed E-state index contributed by atoms with van der Waals surface area (Å²) in [6, 6.07) is 6.13. The van der Waals surface area contributed by atoms with Crippen molar-refractivity contribution in [3.05, 3.63) is 35.6 Å². The number of fused-ring (bicyclic) bond motifs is 1. The third kappa shape index (κ3) is 4.37. The van der Waals surface area contributed by atoms with Gasteiger partial charge in [-0.05, 0) is 38.8 Å². The van der Waals surface area contributed by atoms with E-state index in [2.05, 4.69) is 18.3 Å². The average molecular weight is 330 g/mol. The van der Waals surface area contributed by atoms with Gasteiger partial charge in [0.15, 0.2) is 0 Å². The number of hydrogen-bond donors (Lipinski definition) is 1. The topological polar surface area (TPSA) is 62.6 Å². The fourth-order valence-electron chi connectivity index (χ4n) is 2.68. The Hall–Kier alpha value is -2.30. The number of benzene rings is 1. The van der Waals surface area contributed by atoms with E-state index in [0.29, 0.717) is 6.54 Å². The van der Waals surface area contributed by atoms with Gasteiger partial charge >= 0.3 is 0 Å². The molecule has 0 aliphatic carbocycles. The SMILES string of the molecule is CCc1ccc2c(CC(=O)N(CC)CC(=O)NC(C)C)coc2c1. The van der Waals surface area contributed by atoms with Crippen LogP contribution in [0.25, 0.3) is 11.0 Å². The van der Waals surface area contributed by atoms with Gasteiger partial charge in [0.25, 0.3) is 0 Å². The number of furan rings is 1. The summed E-state index contributed by atoms with van der Waals surface area (Å²) < 4.78 is 5.59. The molecule has 1 aromatic carbocycles. The van der Waals surface area contributed by atoms with Crippen LogP contribution in [0.4, 0.5) is 0 Å². The zero-order valence-corrected chi connectivity index (χ0v) is 14.9. The molecule has 0 saturated heterocycles. The molecule has 2 rings (SSSR count). The Balaban J connectivity index is 2.08. The first kappa shape index (κ1) is 18.0. The highest BCUT2D eigenvalue weighted by Crippen LogP contribution is 2.23. The number of hydrogen-bond acceptors (Lipinski definition) is 3. The Morgan fingerprint density at radius 1 is 1.25 bits per heavy atom. The minimum atomic E-state index is -0.134. The zero-order chi connectivity index (χ0) is 17.7. The first-order valence-electron chi connectivity index (χ1n) is 8.50. The second-order valence-corrected chi connectivity index (χ2v) is 6.25. The Kier molecular flexibility index (Phi) is 6.01. The smallest absolute Gasteiger partial charge is 0.239 e. The molecular formula is C19H26N2O3. The molecule has 5 nitrogen and oxygen atoms in total. The monoisotopic (exact) mass is 330 g/mol. The summed E-state index contributed by atoms with van der Waals surface area (Å²) in [5, 5.41) is 3.77. The molecule has 0 fully saturated rings. The van der Waals surface area contributed by atoms with Crippen molar-refractivity contribution in [2.75, 3.05) is 13.1 Å². The maximum atomic E-state index is 12.5. The molecule has 0 saturated carbocycles. The van der Waals surface area contributed by atoms with E-state index >= 15 is 0 Å². The molecular weight excluding hydrogens is 304 g/mol. The maximum absolute atomic E-state index is 12.5. The largest absolute Gasteiger partial charge is 0.464 e. The van der Waals surface area contributed by atoms with E-state index in [9.17, 15) is 9.59 Å². The predicted octanol–water partition coefficient (Wildman–Crippen LogP) is 2.91. The van der Waals surface area contributed by atoms with Gasteiger partial charge in [0.2, 0.25) is 11.8 Å². The standard InChI is InChI=1S/C19H26N2O3/c1-5-14-7-8-16-15(12-24-17(16)9-14)10-19(23)21(6-2)11-18(22)20-13(3)4/h7-9,12-13H,5-6,10-11H2,1-4H3,(H,20,22). The van der Waals surface area contributed by atoms with E-state index in [1.54, 1.807) is 11.2 Å². The summed E-state index contributed by atoms with van der Waals surface area (Å²) in [6.07, 6.45) is 2.82. The van der Waals surface area contributed by atoms with Gasteiger partial charge in [0.1, 0.15) is 5.58 Å². The van der Waals surface area contributed by atoms with Crippen LogP contribution < -0.4 is 5.32 Å². The van der Waals surface area contributed by atoms with Crippen LogP contribution in [-0.4, -0.2) is 35.8 Å². The van der Waals surface area contributed by atoms with Crippen molar-refractivity contribution in [3.8, 4) is 0 Å². The third-order valence-corrected chi connectivity index (χ3v) is 3.99. The third-order valence-electron chi connectivity index (χ3n) is 3.99. The number of aryl methyl sites for hydroxylation is 1. The lowest BCUT2D eigenvalue weighted by Gasteiger charge is -2.21. The van der Waals surface area contributed by atoms with Crippen LogP contribution in [0.2, 0.25) is 0 Å². The lowest BCUT2D eigenvalue weighted by Crippen LogP contribution is -2.43. The normalized spacial score (nSPS) is 11.0. The molecule has 24 heavy (non-hydrogen) atoms. The van der Waals surface area contributed by atoms with E-state index in [1.807, 2.05) is 32.9 Å². The van der Waals surface area contributed by atoms with Gasteiger partial charge in [-0.15, -0.1) is 0 Å². The molecule has 1 aromatic heterocycles. The van der Waals surface area contributed by atoms with Crippen LogP contribution in [0.5, 0.6) is 0 Å². The van der Waals surface area contributed by atoms with Crippen LogP contribution in [0, 0.1) is 0 Å². The second-order valence-electron chi connectivity index (χ2n) is 6.25. The summed E-state index contributed by atoms with van der Waals surface area (Å²) in [6.45, 7) is 8.36. The van der Waals surface area contributed by atoms with Gasteiger partial charge in [-0.2, -0.15) is 0 Å². The molecule has 0 radical (unpaired) electrons. The lowest BCUT2D eigenvalue weighted by atomic mass is 10.1. The maximum Gasteiger partial charge on any atom is 0.239 e. The first-order chi connectivity index (χ1) is 11.4. The molecule has 2 amide bonds. The van der Waals surface area contributed by atoms with Crippen LogP contribution in [0.15, 0.2) is 28.9 Å². The lowest BCUT2D eigenvalue weighted by molar-refractivity contribution is -0.135. The van der Waals surface area contributed by atoms with E-state index < -0.39 is 0 Å². The minimum Gasteiger partial charge on any atom is -0.464 e. The van der Waals surface area contributed by atoms with E-state index in [1.165, 1.54) is 5.56 Å². The van der Waals surface area contributed by atoms with E-state index in [0.717, 1.165) is 23.0 Å². The van der Waals surface area contributed by atoms with Crippen LogP contribution in [0.1, 0.15) is 38.8 Å². The summed E-state index contributed by atoms with van der Waals surface area (Å²) in [4.78, 5) is 26.0. The van der Waals surface area contributed by atoms with Crippen LogP contribution in [-0.2, 0) is 22.4 Å². The molecule has 0 aliphatic rings. The van der Waals surface area contributed by atoms with Gasteiger partial charge < -0.3 is 14.6 Å². The summed E-state index contributed by atoms with van der Waals surface area (Å²) in [5.74, 6) is -0.205. The fraction of sp³-hybridized carbons (Fsp3) is 0.474. The Morgan fingerprint density at radius 2 is 2.00 bits per heavy atom. The highest BCUT2D eigenvalue weighted by atomic mass is 16.3. The quantitative estimate of drug-likeness (QED) is 0.849. The van der Waals surface area contributed by atoms with E-state index in [4.69, 9.17) is 4.42 Å². The molecule has 0 bridgehead atoms. The number of amides is 2. The highest BCUT2D eigenvalue weighted by molar-refractivity contribution is 5.90. The van der Waals surface area contributed by atoms with Crippen molar-refractivity contribution in [1.29, 1.82) is 0 Å². The minimum absolute atomic E-state index is 0.0666. The zero-order valence-electron chi connectivity index (χ0n) is 14.9. The number of rotatable bonds is 7. The number of carbonyl (C=O) groups is 2. The van der Waals surface area contributed by atoms with Gasteiger partial charge in [-0.25, -0.2) is 0 Å². The molecule has 1 N–H and O–H groups in total. The molecule has 0 spiro atoms. The van der Waals surface area contributed by atoms with E-state index in [-0.39, 0.29) is 30.8 Å². The van der Waals surface area contributed by atoms with Crippen molar-refractivity contribution in [1.82, 2.24) is 10.2 Å². The van der Waals surface area contributed by atoms with Crippen molar-refractivity contribution in [2.45, 2.75) is 46.6 Å². The van der Waals surface area contributed by atoms with Crippen molar-refractivity contribution < 1.29 is 14.0 Å². The highest BCUT2D eigenvalue weighted by Gasteiger charge is 2.18. The summed E-state index contributed by atoms with van der Waals surface area (Å²) >= 11 is 0. The molecule has 130 valence electrons. The van der Waals surface area contributed by atoms with Crippen molar-refractivity contribution in [3.63, 3.8) is 0 Å². The second kappa shape index (κ2) is 7.99. The van der Waals surface area contributed by atoms with Gasteiger partial charge in [-0.3, -0.25) is 9.59 Å². The van der Waals surface area contributed by atoms with Gasteiger partial charge in [0, 0.05) is 23.5 Å². The summed E-state index contributed by atoms with van der Waals surface area (Å²) in [7, 11) is 0. The number of nitrogens with one attached hydrogen (secondary N) is 1. The molecule has 0 unspecified atom stereocenters. The molecule has 1 heterocycles. The Morgan fingerprint density at radius 3 is 2.62 bits per heavy atom. The van der Waals surface area contributed by atoms with Crippen molar-refractivity contribution >= 4 is 22.8 Å². The summed E-state index contributed by atoms with van der Waals surface area (Å²) in [5.41, 5.74) is 2.87. The molecule has 0 aliphatic heterocycles. The average Bonchev–Trinajstić information content (AvgIpc) is 2.93. The fourth-order valence-corrected chi connectivity index (χ4v) is 2.68. The van der Waals surface area contributed by atoms with Gasteiger partial charge in [0.05, 0.1) is 19.2 Å². The Labute approximate surface area is 143 Å². The first-order valence-corrected chi connectivity index (χ1v) is 8.50. The van der Waals surface area contributed by atoms with Gasteiger partial charge in [-0.1, -0.05) is 19.1 Å². The molecule has 0 atom stereocenters. The molecule has 2 aromatic rings.